The highest BCUT2D eigenvalue weighted by Crippen LogP contribution is 2.24. The Labute approximate surface area is 126 Å². The van der Waals surface area contributed by atoms with Crippen LogP contribution < -0.4 is 5.73 Å². The van der Waals surface area contributed by atoms with E-state index in [2.05, 4.69) is 16.6 Å². The van der Waals surface area contributed by atoms with Crippen molar-refractivity contribution in [3.8, 4) is 0 Å². The summed E-state index contributed by atoms with van der Waals surface area (Å²) >= 11 is 0. The van der Waals surface area contributed by atoms with Crippen molar-refractivity contribution >= 4 is 5.97 Å². The second-order valence-corrected chi connectivity index (χ2v) is 5.80. The summed E-state index contributed by atoms with van der Waals surface area (Å²) in [5.41, 5.74) is 5.99. The van der Waals surface area contributed by atoms with Gasteiger partial charge in [0.15, 0.2) is 0 Å². The number of nitrogens with two attached hydrogens (primary N) is 1. The molecule has 1 heterocycles. The smallest absolute Gasteiger partial charge is 0.373 e. The summed E-state index contributed by atoms with van der Waals surface area (Å²) in [5, 5.41) is 0. The third-order valence-electron chi connectivity index (χ3n) is 4.18. The van der Waals surface area contributed by atoms with Crippen molar-refractivity contribution in [1.29, 1.82) is 0 Å². The Morgan fingerprint density at radius 1 is 1.38 bits per heavy atom. The Morgan fingerprint density at radius 2 is 2.10 bits per heavy atom. The van der Waals surface area contributed by atoms with Crippen LogP contribution in [0.5, 0.6) is 0 Å². The van der Waals surface area contributed by atoms with E-state index in [1.807, 2.05) is 6.07 Å². The molecule has 0 saturated heterocycles. The third-order valence-corrected chi connectivity index (χ3v) is 4.18. The van der Waals surface area contributed by atoms with Crippen LogP contribution >= 0.6 is 0 Å². The predicted molar refractivity (Wildman–Crippen MR) is 81.0 cm³/mol. The van der Waals surface area contributed by atoms with Gasteiger partial charge in [0.1, 0.15) is 5.76 Å². The molecule has 1 saturated carbocycles. The molecule has 5 nitrogen and oxygen atoms in total. The first-order valence-electron chi connectivity index (χ1n) is 7.80. The maximum absolute atomic E-state index is 11.4. The highest BCUT2D eigenvalue weighted by Gasteiger charge is 2.24. The summed E-state index contributed by atoms with van der Waals surface area (Å²) in [6.07, 6.45) is 5.58. The Hall–Kier alpha value is -1.33. The van der Waals surface area contributed by atoms with Gasteiger partial charge >= 0.3 is 5.97 Å². The molecule has 0 bridgehead atoms. The van der Waals surface area contributed by atoms with Gasteiger partial charge in [-0.2, -0.15) is 0 Å². The highest BCUT2D eigenvalue weighted by atomic mass is 16.5. The predicted octanol–water partition coefficient (Wildman–Crippen LogP) is 2.55. The van der Waals surface area contributed by atoms with Crippen LogP contribution in [0, 0.1) is 0 Å². The molecule has 0 amide bonds. The molecule has 21 heavy (non-hydrogen) atoms. The molecular weight excluding hydrogens is 268 g/mol. The van der Waals surface area contributed by atoms with Crippen LogP contribution in [-0.2, 0) is 11.3 Å². The van der Waals surface area contributed by atoms with Gasteiger partial charge in [-0.25, -0.2) is 4.79 Å². The first-order chi connectivity index (χ1) is 10.1. The van der Waals surface area contributed by atoms with E-state index in [4.69, 9.17) is 10.2 Å². The SMILES string of the molecule is CCCN(Cc1ccc(C(=O)OC)o1)C1CCC(N)CC1. The van der Waals surface area contributed by atoms with Crippen molar-refractivity contribution in [3.05, 3.63) is 23.7 Å². The van der Waals surface area contributed by atoms with Crippen molar-refractivity contribution in [2.45, 2.75) is 57.7 Å². The minimum absolute atomic E-state index is 0.273. The van der Waals surface area contributed by atoms with Crippen molar-refractivity contribution in [1.82, 2.24) is 4.90 Å². The lowest BCUT2D eigenvalue weighted by Crippen LogP contribution is -2.40. The van der Waals surface area contributed by atoms with Gasteiger partial charge in [0.2, 0.25) is 5.76 Å². The Kier molecular flexibility index (Phi) is 5.82. The molecule has 1 aromatic rings. The maximum Gasteiger partial charge on any atom is 0.373 e. The molecule has 2 N–H and O–H groups in total. The summed E-state index contributed by atoms with van der Waals surface area (Å²) in [6, 6.07) is 4.47. The Morgan fingerprint density at radius 3 is 2.71 bits per heavy atom. The normalized spacial score (nSPS) is 22.5. The summed E-state index contributed by atoms with van der Waals surface area (Å²) < 4.78 is 10.3. The monoisotopic (exact) mass is 294 g/mol. The topological polar surface area (TPSA) is 68.7 Å². The van der Waals surface area contributed by atoms with Crippen LogP contribution in [-0.4, -0.2) is 36.6 Å². The number of carbonyl (C=O) groups excluding carboxylic acids is 1. The quantitative estimate of drug-likeness (QED) is 0.817. The average molecular weight is 294 g/mol. The summed E-state index contributed by atoms with van der Waals surface area (Å²) in [7, 11) is 1.36. The van der Waals surface area contributed by atoms with E-state index in [-0.39, 0.29) is 5.76 Å². The molecule has 0 aliphatic heterocycles. The van der Waals surface area contributed by atoms with Gasteiger partial charge in [0.25, 0.3) is 0 Å². The lowest BCUT2D eigenvalue weighted by Gasteiger charge is -2.35. The third kappa shape index (κ3) is 4.32. The van der Waals surface area contributed by atoms with Gasteiger partial charge in [0, 0.05) is 12.1 Å². The Balaban J connectivity index is 1.98. The number of rotatable bonds is 6. The lowest BCUT2D eigenvalue weighted by molar-refractivity contribution is 0.0558. The molecule has 0 unspecified atom stereocenters. The standard InChI is InChI=1S/C16H26N2O3/c1-3-10-18(13-6-4-12(17)5-7-13)11-14-8-9-15(21-14)16(19)20-2/h8-9,12-13H,3-7,10-11,17H2,1-2H3. The van der Waals surface area contributed by atoms with E-state index in [0.29, 0.717) is 12.1 Å². The van der Waals surface area contributed by atoms with Gasteiger partial charge < -0.3 is 14.9 Å². The van der Waals surface area contributed by atoms with Gasteiger partial charge in [-0.3, -0.25) is 4.90 Å². The number of methoxy groups -OCH3 is 1. The molecule has 1 fully saturated rings. The molecule has 0 spiro atoms. The summed E-state index contributed by atoms with van der Waals surface area (Å²) in [5.74, 6) is 0.667. The minimum Gasteiger partial charge on any atom is -0.463 e. The number of nitrogens with zero attached hydrogens (tertiary/aromatic N) is 1. The zero-order valence-corrected chi connectivity index (χ0v) is 13.0. The fraction of sp³-hybridized carbons (Fsp3) is 0.688. The first-order valence-corrected chi connectivity index (χ1v) is 7.80. The van der Waals surface area contributed by atoms with Crippen molar-refractivity contribution in [2.24, 2.45) is 5.73 Å². The van der Waals surface area contributed by atoms with Crippen LogP contribution in [0.15, 0.2) is 16.5 Å². The fourth-order valence-electron chi connectivity index (χ4n) is 3.02. The zero-order chi connectivity index (χ0) is 15.2. The number of furan rings is 1. The van der Waals surface area contributed by atoms with Gasteiger partial charge in [-0.15, -0.1) is 0 Å². The second kappa shape index (κ2) is 7.61. The van der Waals surface area contributed by atoms with Gasteiger partial charge in [-0.1, -0.05) is 6.92 Å². The van der Waals surface area contributed by atoms with E-state index < -0.39 is 5.97 Å². The fourth-order valence-corrected chi connectivity index (χ4v) is 3.02. The number of hydrogen-bond donors (Lipinski definition) is 1. The van der Waals surface area contributed by atoms with Crippen molar-refractivity contribution < 1.29 is 13.9 Å². The number of esters is 1. The van der Waals surface area contributed by atoms with Crippen LogP contribution in [0.3, 0.4) is 0 Å². The number of carbonyl (C=O) groups is 1. The summed E-state index contributed by atoms with van der Waals surface area (Å²) in [4.78, 5) is 13.9. The van der Waals surface area contributed by atoms with Crippen LogP contribution in [0.2, 0.25) is 0 Å². The van der Waals surface area contributed by atoms with Gasteiger partial charge in [0.05, 0.1) is 13.7 Å². The van der Waals surface area contributed by atoms with E-state index in [1.54, 1.807) is 6.07 Å². The molecule has 0 aromatic carbocycles. The van der Waals surface area contributed by atoms with E-state index in [9.17, 15) is 4.79 Å². The van der Waals surface area contributed by atoms with E-state index in [0.717, 1.165) is 51.0 Å². The van der Waals surface area contributed by atoms with E-state index in [1.165, 1.54) is 7.11 Å². The maximum atomic E-state index is 11.4. The van der Waals surface area contributed by atoms with Crippen molar-refractivity contribution in [3.63, 3.8) is 0 Å². The zero-order valence-electron chi connectivity index (χ0n) is 13.0. The second-order valence-electron chi connectivity index (χ2n) is 5.80. The number of ether oxygens (including phenoxy) is 1. The molecular formula is C16H26N2O3. The lowest BCUT2D eigenvalue weighted by atomic mass is 9.90. The van der Waals surface area contributed by atoms with Crippen LogP contribution in [0.25, 0.3) is 0 Å². The molecule has 1 aromatic heterocycles. The van der Waals surface area contributed by atoms with Gasteiger partial charge in [-0.05, 0) is 50.8 Å². The molecule has 1 aliphatic rings. The highest BCUT2D eigenvalue weighted by molar-refractivity contribution is 5.86. The summed E-state index contributed by atoms with van der Waals surface area (Å²) in [6.45, 7) is 3.96. The van der Waals surface area contributed by atoms with Crippen LogP contribution in [0.1, 0.15) is 55.3 Å². The van der Waals surface area contributed by atoms with Crippen molar-refractivity contribution in [2.75, 3.05) is 13.7 Å². The minimum atomic E-state index is -0.424. The van der Waals surface area contributed by atoms with Crippen LogP contribution in [0.4, 0.5) is 0 Å². The molecule has 1 aliphatic carbocycles. The molecule has 118 valence electrons. The molecule has 0 radical (unpaired) electrons. The largest absolute Gasteiger partial charge is 0.463 e. The average Bonchev–Trinajstić information content (AvgIpc) is 2.95. The molecule has 5 heteroatoms. The van der Waals surface area contributed by atoms with E-state index >= 15 is 0 Å². The Bertz CT molecular complexity index is 450. The molecule has 0 atom stereocenters. The number of hydrogen-bond acceptors (Lipinski definition) is 5. The first kappa shape index (κ1) is 16.0. The molecule has 2 rings (SSSR count).